The molecule has 0 fully saturated rings. The monoisotopic (exact) mass is 312 g/mol. The highest BCUT2D eigenvalue weighted by Crippen LogP contribution is 2.62. The average molecular weight is 314 g/mol. The molecule has 0 heterocycles. The van der Waals surface area contributed by atoms with Crippen molar-refractivity contribution in [2.75, 3.05) is 12.8 Å². The summed E-state index contributed by atoms with van der Waals surface area (Å²) in [7, 11) is 0. The van der Waals surface area contributed by atoms with Crippen LogP contribution in [0.15, 0.2) is 0 Å². The zero-order valence-electron chi connectivity index (χ0n) is 9.00. The minimum atomic E-state index is -2.71. The SMILES string of the molecule is CCC(C)SP(=O)(CC)OCC(Cl)(Cl)Cl. The Balaban J connectivity index is 4.26. The second kappa shape index (κ2) is 6.98. The number of hydrogen-bond donors (Lipinski definition) is 0. The van der Waals surface area contributed by atoms with Gasteiger partial charge < -0.3 is 4.52 Å². The van der Waals surface area contributed by atoms with E-state index >= 15 is 0 Å². The van der Waals surface area contributed by atoms with Crippen LogP contribution in [0.3, 0.4) is 0 Å². The molecule has 0 bridgehead atoms. The van der Waals surface area contributed by atoms with E-state index in [9.17, 15) is 4.57 Å². The molecule has 92 valence electrons. The fourth-order valence-electron chi connectivity index (χ4n) is 0.716. The van der Waals surface area contributed by atoms with Crippen molar-refractivity contribution in [1.82, 2.24) is 0 Å². The molecule has 0 spiro atoms. The molecule has 0 aliphatic carbocycles. The van der Waals surface area contributed by atoms with Crippen LogP contribution in [0.5, 0.6) is 0 Å². The fraction of sp³-hybridized carbons (Fsp3) is 1.00. The predicted molar refractivity (Wildman–Crippen MR) is 71.7 cm³/mol. The molecular weight excluding hydrogens is 297 g/mol. The van der Waals surface area contributed by atoms with Crippen molar-refractivity contribution in [3.8, 4) is 0 Å². The van der Waals surface area contributed by atoms with Crippen molar-refractivity contribution in [3.05, 3.63) is 0 Å². The van der Waals surface area contributed by atoms with Gasteiger partial charge in [0.05, 0.1) is 0 Å². The van der Waals surface area contributed by atoms with Gasteiger partial charge in [-0.25, -0.2) is 0 Å². The van der Waals surface area contributed by atoms with E-state index < -0.39 is 10.4 Å². The third-order valence-electron chi connectivity index (χ3n) is 1.73. The van der Waals surface area contributed by atoms with Crippen molar-refractivity contribution in [1.29, 1.82) is 0 Å². The maximum Gasteiger partial charge on any atom is 0.257 e. The molecule has 0 aromatic rings. The molecule has 15 heavy (non-hydrogen) atoms. The molecule has 2 unspecified atom stereocenters. The van der Waals surface area contributed by atoms with Gasteiger partial charge in [-0.15, -0.1) is 0 Å². The topological polar surface area (TPSA) is 26.3 Å². The Labute approximate surface area is 111 Å². The van der Waals surface area contributed by atoms with Crippen molar-refractivity contribution < 1.29 is 9.09 Å². The van der Waals surface area contributed by atoms with Crippen LogP contribution in [0.2, 0.25) is 0 Å². The smallest absolute Gasteiger partial charge is 0.257 e. The summed E-state index contributed by atoms with van der Waals surface area (Å²) in [5, 5.41) is 0.283. The first-order valence-corrected chi connectivity index (χ1v) is 9.14. The lowest BCUT2D eigenvalue weighted by atomic mass is 10.4. The number of halogens is 3. The van der Waals surface area contributed by atoms with Gasteiger partial charge in [0.15, 0.2) is 0 Å². The van der Waals surface area contributed by atoms with Crippen molar-refractivity contribution in [2.24, 2.45) is 0 Å². The van der Waals surface area contributed by atoms with Gasteiger partial charge in [0.1, 0.15) is 6.61 Å². The number of alkyl halides is 3. The van der Waals surface area contributed by atoms with Gasteiger partial charge in [-0.05, 0) is 6.42 Å². The van der Waals surface area contributed by atoms with E-state index in [1.807, 2.05) is 20.8 Å². The van der Waals surface area contributed by atoms with Gasteiger partial charge in [0.25, 0.3) is 6.57 Å². The zero-order valence-corrected chi connectivity index (χ0v) is 13.0. The molecule has 0 saturated carbocycles. The summed E-state index contributed by atoms with van der Waals surface area (Å²) in [6.07, 6.45) is 1.38. The van der Waals surface area contributed by atoms with Crippen LogP contribution in [-0.4, -0.2) is 21.8 Å². The third kappa shape index (κ3) is 8.18. The van der Waals surface area contributed by atoms with Crippen molar-refractivity contribution in [3.63, 3.8) is 0 Å². The van der Waals surface area contributed by atoms with Crippen LogP contribution < -0.4 is 0 Å². The molecular formula is C8H16Cl3O2PS. The van der Waals surface area contributed by atoms with Crippen LogP contribution in [0.25, 0.3) is 0 Å². The minimum Gasteiger partial charge on any atom is -0.317 e. The van der Waals surface area contributed by atoms with Crippen LogP contribution >= 0.6 is 52.8 Å². The lowest BCUT2D eigenvalue weighted by Crippen LogP contribution is -2.12. The molecule has 0 amide bonds. The highest BCUT2D eigenvalue weighted by Gasteiger charge is 2.29. The second-order valence-corrected chi connectivity index (χ2v) is 11.1. The first kappa shape index (κ1) is 16.4. The first-order valence-electron chi connectivity index (χ1n) is 4.71. The number of rotatable bonds is 6. The summed E-state index contributed by atoms with van der Waals surface area (Å²) >= 11 is 18.0. The van der Waals surface area contributed by atoms with Crippen LogP contribution in [0.1, 0.15) is 27.2 Å². The number of hydrogen-bond acceptors (Lipinski definition) is 3. The minimum absolute atomic E-state index is 0.133. The van der Waals surface area contributed by atoms with Gasteiger partial charge in [-0.2, -0.15) is 0 Å². The Morgan fingerprint density at radius 3 is 2.27 bits per heavy atom. The highest BCUT2D eigenvalue weighted by atomic mass is 35.6. The molecule has 0 aliphatic heterocycles. The van der Waals surface area contributed by atoms with Crippen molar-refractivity contribution in [2.45, 2.75) is 36.2 Å². The summed E-state index contributed by atoms with van der Waals surface area (Å²) < 4.78 is 15.9. The summed E-state index contributed by atoms with van der Waals surface area (Å²) in [5.74, 6) is 0. The lowest BCUT2D eigenvalue weighted by molar-refractivity contribution is 0.333. The summed E-state index contributed by atoms with van der Waals surface area (Å²) in [5.41, 5.74) is 0. The standard InChI is InChI=1S/C8H16Cl3O2PS/c1-4-7(3)15-14(12,5-2)13-6-8(9,10)11/h7H,4-6H2,1-3H3. The third-order valence-corrected chi connectivity index (χ3v) is 7.50. The molecule has 0 aromatic carbocycles. The fourth-order valence-corrected chi connectivity index (χ4v) is 5.47. The lowest BCUT2D eigenvalue weighted by Gasteiger charge is -2.21. The Kier molecular flexibility index (Phi) is 7.64. The van der Waals surface area contributed by atoms with E-state index in [-0.39, 0.29) is 11.9 Å². The van der Waals surface area contributed by atoms with Gasteiger partial charge >= 0.3 is 0 Å². The highest BCUT2D eigenvalue weighted by molar-refractivity contribution is 8.56. The largest absolute Gasteiger partial charge is 0.317 e. The summed E-state index contributed by atoms with van der Waals surface area (Å²) in [6, 6.07) is 0. The molecule has 0 N–H and O–H groups in total. The summed E-state index contributed by atoms with van der Waals surface area (Å²) in [6.45, 7) is 3.02. The second-order valence-electron chi connectivity index (χ2n) is 3.14. The van der Waals surface area contributed by atoms with E-state index in [0.29, 0.717) is 6.16 Å². The van der Waals surface area contributed by atoms with E-state index in [0.717, 1.165) is 6.42 Å². The first-order chi connectivity index (χ1) is 6.72. The van der Waals surface area contributed by atoms with E-state index in [1.165, 1.54) is 11.4 Å². The van der Waals surface area contributed by atoms with Crippen LogP contribution in [0, 0.1) is 0 Å². The molecule has 0 rings (SSSR count). The molecule has 0 saturated heterocycles. The normalized spacial score (nSPS) is 18.5. The van der Waals surface area contributed by atoms with Crippen LogP contribution in [-0.2, 0) is 9.09 Å². The Hall–Kier alpha value is 1.41. The van der Waals surface area contributed by atoms with Crippen LogP contribution in [0.4, 0.5) is 0 Å². The predicted octanol–water partition coefficient (Wildman–Crippen LogP) is 5.12. The molecule has 2 nitrogen and oxygen atoms in total. The van der Waals surface area contributed by atoms with Crippen molar-refractivity contribution >= 4 is 52.8 Å². The maximum absolute atomic E-state index is 12.2. The Morgan fingerprint density at radius 1 is 1.40 bits per heavy atom. The molecule has 2 atom stereocenters. The Bertz CT molecular complexity index is 232. The Morgan fingerprint density at radius 2 is 1.93 bits per heavy atom. The average Bonchev–Trinajstić information content (AvgIpc) is 2.14. The van der Waals surface area contributed by atoms with Gasteiger partial charge in [0, 0.05) is 11.4 Å². The van der Waals surface area contributed by atoms with Gasteiger partial charge in [-0.1, -0.05) is 67.0 Å². The van der Waals surface area contributed by atoms with Gasteiger partial charge in [0.2, 0.25) is 3.79 Å². The molecule has 0 aliphatic rings. The van der Waals surface area contributed by atoms with E-state index in [4.69, 9.17) is 39.3 Å². The summed E-state index contributed by atoms with van der Waals surface area (Å²) in [4.78, 5) is 0. The van der Waals surface area contributed by atoms with Gasteiger partial charge in [-0.3, -0.25) is 4.57 Å². The molecule has 0 aromatic heterocycles. The molecule has 0 radical (unpaired) electrons. The zero-order chi connectivity index (χ0) is 12.1. The maximum atomic E-state index is 12.2. The van der Waals surface area contributed by atoms with E-state index in [2.05, 4.69) is 0 Å². The quantitative estimate of drug-likeness (QED) is 0.503. The molecule has 7 heteroatoms. The van der Waals surface area contributed by atoms with E-state index in [1.54, 1.807) is 0 Å².